The molecule has 26 heavy (non-hydrogen) atoms. The van der Waals surface area contributed by atoms with Gasteiger partial charge in [-0.05, 0) is 37.8 Å². The maximum atomic E-state index is 13.6. The summed E-state index contributed by atoms with van der Waals surface area (Å²) in [4.78, 5) is 14.6. The molecule has 2 aliphatic rings. The molecule has 0 amide bonds. The van der Waals surface area contributed by atoms with Crippen molar-refractivity contribution in [1.82, 2.24) is 15.4 Å². The van der Waals surface area contributed by atoms with E-state index < -0.39 is 6.43 Å². The van der Waals surface area contributed by atoms with E-state index in [0.717, 1.165) is 31.3 Å². The van der Waals surface area contributed by atoms with Gasteiger partial charge in [-0.2, -0.15) is 0 Å². The Kier molecular flexibility index (Phi) is 6.03. The zero-order valence-electron chi connectivity index (χ0n) is 14.7. The number of carbonyl (C=O) groups excluding carboxylic acids is 1. The fourth-order valence-corrected chi connectivity index (χ4v) is 3.38. The smallest absolute Gasteiger partial charge is 0.293 e. The van der Waals surface area contributed by atoms with E-state index in [4.69, 9.17) is 9.47 Å². The van der Waals surface area contributed by atoms with Crippen molar-refractivity contribution in [2.75, 3.05) is 20.2 Å². The number of hydrogen-bond donors (Lipinski definition) is 1. The summed E-state index contributed by atoms with van der Waals surface area (Å²) in [6, 6.07) is 3.25. The number of rotatable bonds is 7. The minimum Gasteiger partial charge on any atom is -0.488 e. The molecule has 0 saturated heterocycles. The molecule has 3 rings (SSSR count). The van der Waals surface area contributed by atoms with Crippen molar-refractivity contribution in [3.8, 4) is 5.75 Å². The molecular formula is C18H23F2N3O3. The highest BCUT2D eigenvalue weighted by atomic mass is 19.3. The minimum absolute atomic E-state index is 0.0241. The first-order chi connectivity index (χ1) is 12.6. The highest BCUT2D eigenvalue weighted by Gasteiger charge is 2.26. The lowest BCUT2D eigenvalue weighted by Crippen LogP contribution is -2.28. The molecule has 0 unspecified atom stereocenters. The molecule has 8 heteroatoms. The zero-order valence-corrected chi connectivity index (χ0v) is 14.7. The van der Waals surface area contributed by atoms with Crippen LogP contribution >= 0.6 is 0 Å². The third-order valence-electron chi connectivity index (χ3n) is 4.78. The molecule has 0 aromatic carbocycles. The lowest BCUT2D eigenvalue weighted by molar-refractivity contribution is -0.128. The third kappa shape index (κ3) is 4.12. The van der Waals surface area contributed by atoms with Gasteiger partial charge in [-0.3, -0.25) is 4.79 Å². The summed E-state index contributed by atoms with van der Waals surface area (Å²) in [7, 11) is 1.77. The molecule has 142 valence electrons. The van der Waals surface area contributed by atoms with Crippen LogP contribution in [0.15, 0.2) is 17.8 Å². The normalized spacial score (nSPS) is 18.5. The number of aromatic nitrogens is 1. The number of nitrogens with zero attached hydrogens (tertiary/aromatic N) is 2. The summed E-state index contributed by atoms with van der Waals surface area (Å²) in [6.07, 6.45) is 2.31. The van der Waals surface area contributed by atoms with E-state index in [1.807, 2.05) is 0 Å². The van der Waals surface area contributed by atoms with Gasteiger partial charge in [-0.1, -0.05) is 6.42 Å². The van der Waals surface area contributed by atoms with Crippen LogP contribution in [0.1, 0.15) is 49.9 Å². The molecule has 1 aromatic heterocycles. The van der Waals surface area contributed by atoms with Gasteiger partial charge >= 0.3 is 0 Å². The highest BCUT2D eigenvalue weighted by molar-refractivity contribution is 5.69. The van der Waals surface area contributed by atoms with Gasteiger partial charge in [0.25, 0.3) is 12.9 Å². The Morgan fingerprint density at radius 3 is 2.81 bits per heavy atom. The predicted molar refractivity (Wildman–Crippen MR) is 91.4 cm³/mol. The Bertz CT molecular complexity index is 676. The maximum Gasteiger partial charge on any atom is 0.293 e. The van der Waals surface area contributed by atoms with Crippen molar-refractivity contribution in [2.45, 2.75) is 44.6 Å². The average Bonchev–Trinajstić information content (AvgIpc) is 3.01. The number of nitrogens with one attached hydrogen (secondary N) is 1. The number of likely N-dealkylation sites (N-methyl/N-ethyl adjacent to an activating group) is 1. The molecule has 1 aromatic rings. The fourth-order valence-electron chi connectivity index (χ4n) is 3.38. The Labute approximate surface area is 151 Å². The first kappa shape index (κ1) is 18.6. The first-order valence-electron chi connectivity index (χ1n) is 8.80. The van der Waals surface area contributed by atoms with Crippen molar-refractivity contribution in [3.05, 3.63) is 29.2 Å². The van der Waals surface area contributed by atoms with Crippen molar-refractivity contribution < 1.29 is 23.0 Å². The summed E-state index contributed by atoms with van der Waals surface area (Å²) in [5.74, 6) is 0.154. The standard InChI is InChI=1S/C18H23F2N3O3/c1-23-15(10-25-11-24)13(9-21-23)14-7-8-16(17(22-14)18(19)20)26-12-5-3-2-4-6-12/h7-8,11-12,18,21H,2-6,9-10H2,1H3. The van der Waals surface area contributed by atoms with Crippen LogP contribution in [-0.2, 0) is 9.53 Å². The SMILES string of the molecule is CN1NCC(c2ccc(OC3CCCCC3)c(C(F)F)n2)=C1COC=O. The van der Waals surface area contributed by atoms with Crippen LogP contribution < -0.4 is 10.2 Å². The summed E-state index contributed by atoms with van der Waals surface area (Å²) < 4.78 is 37.8. The fraction of sp³-hybridized carbons (Fsp3) is 0.556. The number of halogens is 2. The summed E-state index contributed by atoms with van der Waals surface area (Å²) in [6.45, 7) is 0.830. The van der Waals surface area contributed by atoms with E-state index in [0.29, 0.717) is 24.4 Å². The van der Waals surface area contributed by atoms with Crippen LogP contribution in [-0.4, -0.2) is 42.8 Å². The lowest BCUT2D eigenvalue weighted by Gasteiger charge is -2.24. The molecular weight excluding hydrogens is 344 g/mol. The number of pyridine rings is 1. The van der Waals surface area contributed by atoms with Gasteiger partial charge in [0.2, 0.25) is 0 Å². The molecule has 2 heterocycles. The molecule has 1 aliphatic heterocycles. The minimum atomic E-state index is -2.73. The Balaban J connectivity index is 1.87. The largest absolute Gasteiger partial charge is 0.488 e. The molecule has 1 aliphatic carbocycles. The average molecular weight is 367 g/mol. The topological polar surface area (TPSA) is 63.7 Å². The van der Waals surface area contributed by atoms with Crippen LogP contribution in [0.5, 0.6) is 5.75 Å². The molecule has 0 bridgehead atoms. The van der Waals surface area contributed by atoms with E-state index in [-0.39, 0.29) is 24.2 Å². The molecule has 1 saturated carbocycles. The van der Waals surface area contributed by atoms with Gasteiger partial charge in [0.05, 0.1) is 17.5 Å². The second kappa shape index (κ2) is 8.44. The molecule has 6 nitrogen and oxygen atoms in total. The van der Waals surface area contributed by atoms with Crippen LogP contribution in [0.2, 0.25) is 0 Å². The number of hydrogen-bond acceptors (Lipinski definition) is 6. The zero-order chi connectivity index (χ0) is 18.5. The van der Waals surface area contributed by atoms with Gasteiger partial charge in [0.15, 0.2) is 0 Å². The van der Waals surface area contributed by atoms with Crippen LogP contribution in [0.4, 0.5) is 8.78 Å². The van der Waals surface area contributed by atoms with E-state index in [2.05, 4.69) is 10.4 Å². The van der Waals surface area contributed by atoms with E-state index in [1.165, 1.54) is 6.42 Å². The summed E-state index contributed by atoms with van der Waals surface area (Å²) >= 11 is 0. The summed E-state index contributed by atoms with van der Waals surface area (Å²) in [5.41, 5.74) is 4.56. The molecule has 0 radical (unpaired) electrons. The molecule has 1 fully saturated rings. The quantitative estimate of drug-likeness (QED) is 0.748. The van der Waals surface area contributed by atoms with Crippen molar-refractivity contribution in [1.29, 1.82) is 0 Å². The molecule has 0 spiro atoms. The Hall–Kier alpha value is -2.22. The van der Waals surface area contributed by atoms with Crippen LogP contribution in [0.3, 0.4) is 0 Å². The monoisotopic (exact) mass is 367 g/mol. The second-order valence-corrected chi connectivity index (χ2v) is 6.48. The van der Waals surface area contributed by atoms with Gasteiger partial charge in [-0.15, -0.1) is 0 Å². The van der Waals surface area contributed by atoms with Crippen molar-refractivity contribution >= 4 is 12.0 Å². The number of alkyl halides is 2. The lowest BCUT2D eigenvalue weighted by atomic mass is 9.98. The van der Waals surface area contributed by atoms with Gasteiger partial charge in [0.1, 0.15) is 18.1 Å². The molecule has 0 atom stereocenters. The summed E-state index contributed by atoms with van der Waals surface area (Å²) in [5, 5.41) is 1.70. The van der Waals surface area contributed by atoms with Crippen LogP contribution in [0.25, 0.3) is 5.57 Å². The van der Waals surface area contributed by atoms with Gasteiger partial charge in [0, 0.05) is 19.2 Å². The van der Waals surface area contributed by atoms with E-state index >= 15 is 0 Å². The third-order valence-corrected chi connectivity index (χ3v) is 4.78. The first-order valence-corrected chi connectivity index (χ1v) is 8.80. The Morgan fingerprint density at radius 2 is 2.12 bits per heavy atom. The highest BCUT2D eigenvalue weighted by Crippen LogP contribution is 2.33. The number of carbonyl (C=O) groups is 1. The van der Waals surface area contributed by atoms with Crippen molar-refractivity contribution in [3.63, 3.8) is 0 Å². The second-order valence-electron chi connectivity index (χ2n) is 6.48. The van der Waals surface area contributed by atoms with Gasteiger partial charge in [-0.25, -0.2) is 19.2 Å². The number of ether oxygens (including phenoxy) is 2. The maximum absolute atomic E-state index is 13.6. The van der Waals surface area contributed by atoms with E-state index in [9.17, 15) is 13.6 Å². The van der Waals surface area contributed by atoms with Gasteiger partial charge < -0.3 is 14.5 Å². The van der Waals surface area contributed by atoms with Crippen LogP contribution in [0, 0.1) is 0 Å². The number of hydrazine groups is 1. The molecule has 1 N–H and O–H groups in total. The van der Waals surface area contributed by atoms with E-state index in [1.54, 1.807) is 24.2 Å². The van der Waals surface area contributed by atoms with Crippen molar-refractivity contribution in [2.24, 2.45) is 0 Å². The Morgan fingerprint density at radius 1 is 1.35 bits per heavy atom. The predicted octanol–water partition coefficient (Wildman–Crippen LogP) is 3.06.